The zero-order valence-corrected chi connectivity index (χ0v) is 11.4. The van der Waals surface area contributed by atoms with Crippen molar-refractivity contribution >= 4 is 15.9 Å². The lowest BCUT2D eigenvalue weighted by atomic mass is 10.1. The van der Waals surface area contributed by atoms with Gasteiger partial charge in [0.2, 0.25) is 0 Å². The Morgan fingerprint density at radius 2 is 1.94 bits per heavy atom. The van der Waals surface area contributed by atoms with Gasteiger partial charge in [-0.05, 0) is 37.1 Å². The molecule has 1 unspecified atom stereocenters. The molecule has 3 heteroatoms. The van der Waals surface area contributed by atoms with Crippen molar-refractivity contribution < 1.29 is 4.42 Å². The number of hydrogen-bond donors (Lipinski definition) is 1. The van der Waals surface area contributed by atoms with E-state index >= 15 is 0 Å². The second-order valence-electron chi connectivity index (χ2n) is 4.24. The summed E-state index contributed by atoms with van der Waals surface area (Å²) in [6.45, 7) is 3.05. The number of nitrogens with one attached hydrogen (secondary N) is 1. The van der Waals surface area contributed by atoms with Crippen LogP contribution in [-0.2, 0) is 13.0 Å². The largest absolute Gasteiger partial charge is 0.472 e. The minimum atomic E-state index is 0.450. The summed E-state index contributed by atoms with van der Waals surface area (Å²) in [4.78, 5) is 0. The van der Waals surface area contributed by atoms with Crippen LogP contribution in [0, 0.1) is 0 Å². The summed E-state index contributed by atoms with van der Waals surface area (Å²) in [6.07, 6.45) is 4.51. The smallest absolute Gasteiger partial charge is 0.0947 e. The Labute approximate surface area is 110 Å². The number of hydrogen-bond acceptors (Lipinski definition) is 2. The second-order valence-corrected chi connectivity index (χ2v) is 5.16. The summed E-state index contributed by atoms with van der Waals surface area (Å²) in [5.41, 5.74) is 2.54. The van der Waals surface area contributed by atoms with E-state index in [4.69, 9.17) is 4.42 Å². The lowest BCUT2D eigenvalue weighted by Gasteiger charge is -2.13. The molecule has 0 aliphatic rings. The second kappa shape index (κ2) is 6.03. The van der Waals surface area contributed by atoms with E-state index in [0.29, 0.717) is 6.04 Å². The molecule has 0 fully saturated rings. The molecule has 2 rings (SSSR count). The quantitative estimate of drug-likeness (QED) is 0.908. The molecule has 0 aliphatic heterocycles. The maximum absolute atomic E-state index is 5.03. The zero-order chi connectivity index (χ0) is 12.1. The summed E-state index contributed by atoms with van der Waals surface area (Å²) in [5.74, 6) is 0. The van der Waals surface area contributed by atoms with Gasteiger partial charge in [0.25, 0.3) is 0 Å². The molecule has 1 aromatic heterocycles. The van der Waals surface area contributed by atoms with Crippen molar-refractivity contribution in [3.63, 3.8) is 0 Å². The Hall–Kier alpha value is -1.06. The minimum absolute atomic E-state index is 0.450. The molecule has 0 bridgehead atoms. The third-order valence-corrected chi connectivity index (χ3v) is 3.22. The molecule has 1 heterocycles. The Balaban J connectivity index is 1.80. The average Bonchev–Trinajstić information content (AvgIpc) is 2.83. The molecule has 2 aromatic rings. The normalized spacial score (nSPS) is 12.6. The molecule has 0 saturated carbocycles. The van der Waals surface area contributed by atoms with Gasteiger partial charge in [-0.3, -0.25) is 0 Å². The van der Waals surface area contributed by atoms with E-state index < -0.39 is 0 Å². The Bertz CT molecular complexity index is 436. The third kappa shape index (κ3) is 4.02. The number of halogens is 1. The van der Waals surface area contributed by atoms with Gasteiger partial charge in [0.1, 0.15) is 0 Å². The third-order valence-electron chi connectivity index (χ3n) is 2.69. The summed E-state index contributed by atoms with van der Waals surface area (Å²) < 4.78 is 6.16. The van der Waals surface area contributed by atoms with Crippen LogP contribution in [0.5, 0.6) is 0 Å². The van der Waals surface area contributed by atoms with E-state index in [0.717, 1.165) is 17.4 Å². The highest BCUT2D eigenvalue weighted by molar-refractivity contribution is 9.10. The predicted molar refractivity (Wildman–Crippen MR) is 72.9 cm³/mol. The van der Waals surface area contributed by atoms with Crippen LogP contribution in [0.4, 0.5) is 0 Å². The fourth-order valence-corrected chi connectivity index (χ4v) is 2.00. The van der Waals surface area contributed by atoms with Crippen LogP contribution in [0.1, 0.15) is 18.1 Å². The molecule has 2 nitrogen and oxygen atoms in total. The van der Waals surface area contributed by atoms with E-state index in [1.165, 1.54) is 11.1 Å². The Morgan fingerprint density at radius 3 is 2.59 bits per heavy atom. The summed E-state index contributed by atoms with van der Waals surface area (Å²) in [5, 5.41) is 3.48. The zero-order valence-electron chi connectivity index (χ0n) is 9.82. The molecule has 1 atom stereocenters. The first-order valence-electron chi connectivity index (χ1n) is 5.73. The summed E-state index contributed by atoms with van der Waals surface area (Å²) >= 11 is 3.44. The highest BCUT2D eigenvalue weighted by Crippen LogP contribution is 2.12. The van der Waals surface area contributed by atoms with Gasteiger partial charge < -0.3 is 9.73 Å². The van der Waals surface area contributed by atoms with E-state index in [2.05, 4.69) is 52.4 Å². The van der Waals surface area contributed by atoms with Gasteiger partial charge in [0, 0.05) is 22.6 Å². The van der Waals surface area contributed by atoms with Crippen molar-refractivity contribution in [2.45, 2.75) is 25.9 Å². The summed E-state index contributed by atoms with van der Waals surface area (Å²) in [7, 11) is 0. The molecule has 1 aromatic carbocycles. The van der Waals surface area contributed by atoms with Crippen LogP contribution in [0.25, 0.3) is 0 Å². The minimum Gasteiger partial charge on any atom is -0.472 e. The standard InChI is InChI=1S/C14H16BrNO/c1-11(16-9-13-6-7-17-10-13)8-12-2-4-14(15)5-3-12/h2-7,10-11,16H,8-9H2,1H3. The Kier molecular flexibility index (Phi) is 4.40. The van der Waals surface area contributed by atoms with E-state index in [1.54, 1.807) is 12.5 Å². The molecule has 0 amide bonds. The maximum Gasteiger partial charge on any atom is 0.0947 e. The van der Waals surface area contributed by atoms with Crippen molar-refractivity contribution in [1.82, 2.24) is 5.32 Å². The summed E-state index contributed by atoms with van der Waals surface area (Å²) in [6, 6.07) is 10.9. The lowest BCUT2D eigenvalue weighted by molar-refractivity contribution is 0.532. The van der Waals surface area contributed by atoms with Crippen molar-refractivity contribution in [2.75, 3.05) is 0 Å². The van der Waals surface area contributed by atoms with Gasteiger partial charge in [-0.15, -0.1) is 0 Å². The molecule has 0 radical (unpaired) electrons. The molecular weight excluding hydrogens is 278 g/mol. The van der Waals surface area contributed by atoms with Crippen LogP contribution < -0.4 is 5.32 Å². The highest BCUT2D eigenvalue weighted by Gasteiger charge is 2.03. The fourth-order valence-electron chi connectivity index (χ4n) is 1.73. The predicted octanol–water partition coefficient (Wildman–Crippen LogP) is 3.76. The molecule has 0 aliphatic carbocycles. The van der Waals surface area contributed by atoms with Crippen molar-refractivity contribution in [2.24, 2.45) is 0 Å². The van der Waals surface area contributed by atoms with Crippen molar-refractivity contribution in [3.8, 4) is 0 Å². The first-order valence-corrected chi connectivity index (χ1v) is 6.52. The van der Waals surface area contributed by atoms with Crippen molar-refractivity contribution in [1.29, 1.82) is 0 Å². The van der Waals surface area contributed by atoms with Crippen LogP contribution >= 0.6 is 15.9 Å². The number of benzene rings is 1. The van der Waals surface area contributed by atoms with Crippen molar-refractivity contribution in [3.05, 3.63) is 58.5 Å². The topological polar surface area (TPSA) is 25.2 Å². The average molecular weight is 294 g/mol. The van der Waals surface area contributed by atoms with Crippen LogP contribution in [0.2, 0.25) is 0 Å². The first-order chi connectivity index (χ1) is 8.24. The lowest BCUT2D eigenvalue weighted by Crippen LogP contribution is -2.27. The van der Waals surface area contributed by atoms with Crippen LogP contribution in [-0.4, -0.2) is 6.04 Å². The van der Waals surface area contributed by atoms with Gasteiger partial charge in [0.05, 0.1) is 12.5 Å². The highest BCUT2D eigenvalue weighted by atomic mass is 79.9. The van der Waals surface area contributed by atoms with Gasteiger partial charge >= 0.3 is 0 Å². The van der Waals surface area contributed by atoms with Crippen LogP contribution in [0.3, 0.4) is 0 Å². The maximum atomic E-state index is 5.03. The fraction of sp³-hybridized carbons (Fsp3) is 0.286. The SMILES string of the molecule is CC(Cc1ccc(Br)cc1)NCc1ccoc1. The number of rotatable bonds is 5. The molecule has 90 valence electrons. The van der Waals surface area contributed by atoms with Crippen LogP contribution in [0.15, 0.2) is 51.7 Å². The van der Waals surface area contributed by atoms with E-state index in [1.807, 2.05) is 6.07 Å². The van der Waals surface area contributed by atoms with E-state index in [-0.39, 0.29) is 0 Å². The molecular formula is C14H16BrNO. The van der Waals surface area contributed by atoms with Gasteiger partial charge in [-0.25, -0.2) is 0 Å². The van der Waals surface area contributed by atoms with Gasteiger partial charge in [-0.1, -0.05) is 28.1 Å². The molecule has 0 spiro atoms. The van der Waals surface area contributed by atoms with E-state index in [9.17, 15) is 0 Å². The molecule has 17 heavy (non-hydrogen) atoms. The van der Waals surface area contributed by atoms with Gasteiger partial charge in [-0.2, -0.15) is 0 Å². The molecule has 0 saturated heterocycles. The first kappa shape index (κ1) is 12.4. The number of furan rings is 1. The molecule has 1 N–H and O–H groups in total. The monoisotopic (exact) mass is 293 g/mol. The van der Waals surface area contributed by atoms with Gasteiger partial charge in [0.15, 0.2) is 0 Å². The Morgan fingerprint density at radius 1 is 1.18 bits per heavy atom.